The van der Waals surface area contributed by atoms with Crippen LogP contribution in [0.15, 0.2) is 5.16 Å². The van der Waals surface area contributed by atoms with Gasteiger partial charge in [-0.05, 0) is 152 Å². The highest BCUT2D eigenvalue weighted by Crippen LogP contribution is 2.68. The first kappa shape index (κ1) is 32.9. The summed E-state index contributed by atoms with van der Waals surface area (Å²) in [5.74, 6) is 3.32. The summed E-state index contributed by atoms with van der Waals surface area (Å²) in [4.78, 5) is 5.73. The molecule has 0 radical (unpaired) electrons. The van der Waals surface area contributed by atoms with Gasteiger partial charge in [-0.1, -0.05) is 19.0 Å². The molecule has 5 nitrogen and oxygen atoms in total. The van der Waals surface area contributed by atoms with Crippen LogP contribution in [-0.4, -0.2) is 56.1 Å². The van der Waals surface area contributed by atoms with Crippen LogP contribution in [0.4, 0.5) is 0 Å². The molecule has 0 aliphatic heterocycles. The van der Waals surface area contributed by atoms with Crippen LogP contribution in [0.2, 0.25) is 58.9 Å². The molecule has 0 heterocycles. The lowest BCUT2D eigenvalue weighted by atomic mass is 9.44. The zero-order valence-electron chi connectivity index (χ0n) is 28.2. The number of rotatable bonds is 10. The third-order valence-corrected chi connectivity index (χ3v) is 14.0. The lowest BCUT2D eigenvalue weighted by molar-refractivity contribution is -0.168. The molecule has 0 N–H and O–H groups in total. The van der Waals surface area contributed by atoms with Gasteiger partial charge in [-0.2, -0.15) is 0 Å². The average Bonchev–Trinajstić information content (AvgIpc) is 3.13. The molecular weight excluding hydrogens is 547 g/mol. The van der Waals surface area contributed by atoms with Crippen molar-refractivity contribution in [2.45, 2.75) is 143 Å². The second-order valence-corrected chi connectivity index (χ2v) is 30.6. The number of hydrogen-bond acceptors (Lipinski definition) is 5. The Morgan fingerprint density at radius 1 is 0.800 bits per heavy atom. The van der Waals surface area contributed by atoms with E-state index in [-0.39, 0.29) is 5.41 Å². The van der Waals surface area contributed by atoms with E-state index in [0.717, 1.165) is 29.9 Å². The van der Waals surface area contributed by atoms with Crippen LogP contribution in [0.1, 0.15) is 72.1 Å². The third kappa shape index (κ3) is 7.20. The molecule has 0 amide bonds. The predicted molar refractivity (Wildman–Crippen MR) is 175 cm³/mol. The largest absolute Gasteiger partial charge is 0.415 e. The van der Waals surface area contributed by atoms with Crippen LogP contribution in [0.5, 0.6) is 0 Å². The molecule has 0 saturated heterocycles. The van der Waals surface area contributed by atoms with Gasteiger partial charge in [0.15, 0.2) is 25.0 Å². The molecule has 8 heteroatoms. The molecule has 0 aromatic heterocycles. The summed E-state index contributed by atoms with van der Waals surface area (Å²) < 4.78 is 20.5. The summed E-state index contributed by atoms with van der Waals surface area (Å²) in [6.07, 6.45) is 11.0. The maximum atomic E-state index is 7.29. The summed E-state index contributed by atoms with van der Waals surface area (Å²) in [5.41, 5.74) is 1.70. The zero-order chi connectivity index (χ0) is 29.7. The molecule has 0 aromatic carbocycles. The van der Waals surface area contributed by atoms with Gasteiger partial charge in [-0.3, -0.25) is 0 Å². The van der Waals surface area contributed by atoms with E-state index in [9.17, 15) is 0 Å². The van der Waals surface area contributed by atoms with Crippen molar-refractivity contribution in [3.05, 3.63) is 0 Å². The van der Waals surface area contributed by atoms with Gasteiger partial charge in [0.25, 0.3) is 0 Å². The highest BCUT2D eigenvalue weighted by atomic mass is 28.4. The van der Waals surface area contributed by atoms with Crippen molar-refractivity contribution in [3.8, 4) is 0 Å². The highest BCUT2D eigenvalue weighted by Gasteiger charge is 2.64. The molecule has 0 aromatic rings. The predicted octanol–water partition coefficient (Wildman–Crippen LogP) is 8.94. The Bertz CT molecular complexity index is 909. The molecule has 232 valence electrons. The van der Waals surface area contributed by atoms with Crippen molar-refractivity contribution in [3.63, 3.8) is 0 Å². The molecular formula is C32H63NO4Si3. The van der Waals surface area contributed by atoms with E-state index in [4.69, 9.17) is 23.3 Å². The van der Waals surface area contributed by atoms with Crippen molar-refractivity contribution < 1.29 is 18.1 Å². The van der Waals surface area contributed by atoms with Crippen LogP contribution < -0.4 is 0 Å². The SMILES string of the molecule is CCO/N=C(\CO[Si](C)(C)C)[C@H]1CCC2C3CCC4C[C@@H](O[Si](C)(C)C)CC[C@]4(C)C3C(O[Si](C)(C)C)C[C@@]21C. The molecule has 4 saturated carbocycles. The van der Waals surface area contributed by atoms with E-state index in [1.165, 1.54) is 44.9 Å². The molecule has 4 fully saturated rings. The minimum Gasteiger partial charge on any atom is -0.415 e. The molecule has 40 heavy (non-hydrogen) atoms. The van der Waals surface area contributed by atoms with E-state index < -0.39 is 25.0 Å². The number of fused-ring (bicyclic) bond motifs is 5. The molecule has 4 aliphatic rings. The molecule has 4 rings (SSSR count). The summed E-state index contributed by atoms with van der Waals surface area (Å²) in [5, 5.41) is 4.75. The summed E-state index contributed by atoms with van der Waals surface area (Å²) in [7, 11) is -4.93. The van der Waals surface area contributed by atoms with Gasteiger partial charge in [0.2, 0.25) is 0 Å². The van der Waals surface area contributed by atoms with Gasteiger partial charge >= 0.3 is 0 Å². The van der Waals surface area contributed by atoms with E-state index in [0.29, 0.717) is 42.7 Å². The first-order valence-corrected chi connectivity index (χ1v) is 26.8. The maximum Gasteiger partial charge on any atom is 0.184 e. The van der Waals surface area contributed by atoms with Crippen LogP contribution in [0, 0.1) is 40.4 Å². The average molecular weight is 610 g/mol. The number of nitrogens with zero attached hydrogens (tertiary/aromatic N) is 1. The monoisotopic (exact) mass is 609 g/mol. The van der Waals surface area contributed by atoms with Gasteiger partial charge < -0.3 is 18.1 Å². The maximum absolute atomic E-state index is 7.29. The fraction of sp³-hybridized carbons (Fsp3) is 0.969. The molecule has 0 bridgehead atoms. The normalized spacial score (nSPS) is 40.8. The van der Waals surface area contributed by atoms with E-state index in [2.05, 4.69) is 72.8 Å². The Kier molecular flexibility index (Phi) is 9.73. The van der Waals surface area contributed by atoms with Crippen LogP contribution in [-0.2, 0) is 18.1 Å². The minimum absolute atomic E-state index is 0.186. The fourth-order valence-corrected chi connectivity index (χ4v) is 12.6. The van der Waals surface area contributed by atoms with Crippen molar-refractivity contribution in [1.29, 1.82) is 0 Å². The second kappa shape index (κ2) is 11.8. The Hall–Kier alpha value is 0.000649. The van der Waals surface area contributed by atoms with Crippen molar-refractivity contribution in [2.24, 2.45) is 45.6 Å². The van der Waals surface area contributed by atoms with Gasteiger partial charge in [-0.15, -0.1) is 0 Å². The lowest BCUT2D eigenvalue weighted by Crippen LogP contribution is -2.61. The van der Waals surface area contributed by atoms with Gasteiger partial charge in [0.05, 0.1) is 12.3 Å². The molecule has 9 atom stereocenters. The van der Waals surface area contributed by atoms with Crippen molar-refractivity contribution in [2.75, 3.05) is 13.2 Å². The lowest BCUT2D eigenvalue weighted by Gasteiger charge is -2.64. The standard InChI is InChI=1S/C32H63NO4Si3/c1-13-34-33-28(22-35-38(4,5)6)27-17-16-26-25-15-14-23-20-24(36-39(7,8)9)18-19-31(23,2)30(25)29(21-32(26,27)3)37-40(10,11)12/h23-27,29-30H,13-22H2,1-12H3/b33-28+/t23?,24-,25?,26?,27+,29?,30?,31-,32-/m0/s1. The molecule has 5 unspecified atom stereocenters. The molecule has 0 spiro atoms. The quantitative estimate of drug-likeness (QED) is 0.141. The summed E-state index contributed by atoms with van der Waals surface area (Å²) in [6.45, 7) is 29.6. The minimum atomic E-state index is -1.74. The third-order valence-electron chi connectivity index (χ3n) is 10.9. The van der Waals surface area contributed by atoms with E-state index in [1.807, 2.05) is 6.92 Å². The van der Waals surface area contributed by atoms with Crippen LogP contribution >= 0.6 is 0 Å². The van der Waals surface area contributed by atoms with Crippen LogP contribution in [0.3, 0.4) is 0 Å². The second-order valence-electron chi connectivity index (χ2n) is 17.2. The first-order valence-electron chi connectivity index (χ1n) is 16.5. The van der Waals surface area contributed by atoms with Gasteiger partial charge in [0, 0.05) is 18.1 Å². The Morgan fingerprint density at radius 2 is 1.48 bits per heavy atom. The zero-order valence-corrected chi connectivity index (χ0v) is 31.2. The smallest absolute Gasteiger partial charge is 0.184 e. The van der Waals surface area contributed by atoms with E-state index >= 15 is 0 Å². The fourth-order valence-electron chi connectivity index (χ4n) is 9.65. The highest BCUT2D eigenvalue weighted by molar-refractivity contribution is 6.70. The Balaban J connectivity index is 1.65. The Labute approximate surface area is 250 Å². The first-order chi connectivity index (χ1) is 18.4. The molecule has 4 aliphatic carbocycles. The number of hydrogen-bond donors (Lipinski definition) is 0. The Morgan fingerprint density at radius 3 is 2.08 bits per heavy atom. The van der Waals surface area contributed by atoms with Gasteiger partial charge in [-0.25, -0.2) is 0 Å². The summed E-state index contributed by atoms with van der Waals surface area (Å²) in [6, 6.07) is 0. The van der Waals surface area contributed by atoms with E-state index in [1.54, 1.807) is 0 Å². The topological polar surface area (TPSA) is 49.3 Å². The van der Waals surface area contributed by atoms with Crippen molar-refractivity contribution >= 4 is 30.7 Å². The van der Waals surface area contributed by atoms with Crippen molar-refractivity contribution in [1.82, 2.24) is 0 Å². The number of oxime groups is 1. The van der Waals surface area contributed by atoms with Gasteiger partial charge in [0.1, 0.15) is 6.61 Å². The summed E-state index contributed by atoms with van der Waals surface area (Å²) >= 11 is 0. The van der Waals surface area contributed by atoms with Crippen LogP contribution in [0.25, 0.3) is 0 Å².